The fourth-order valence-electron chi connectivity index (χ4n) is 0.581. The summed E-state index contributed by atoms with van der Waals surface area (Å²) in [6.45, 7) is 0. The van der Waals surface area contributed by atoms with E-state index in [9.17, 15) is 4.79 Å². The van der Waals surface area contributed by atoms with Crippen LogP contribution < -0.4 is 0 Å². The third-order valence-electron chi connectivity index (χ3n) is 1.02. The van der Waals surface area contributed by atoms with Crippen LogP contribution in [0.2, 0.25) is 0 Å². The van der Waals surface area contributed by atoms with Gasteiger partial charge in [0.2, 0.25) is 0 Å². The Balaban J connectivity index is -0.000000270. The summed E-state index contributed by atoms with van der Waals surface area (Å²) in [6, 6.07) is 8.30. The number of hydrogen-bond acceptors (Lipinski definition) is 1. The molecule has 1 rings (SSSR count). The van der Waals surface area contributed by atoms with Gasteiger partial charge in [-0.15, -0.1) is 0 Å². The zero-order valence-corrected chi connectivity index (χ0v) is 5.56. The third-order valence-corrected chi connectivity index (χ3v) is 1.02. The standard InChI is InChI=1S/C7H6O2.2FH.Ga.3H/c8-7(9)6-4-2-1-3-5-6;;;;;;/h1-5H,(H,8,9);2*1H;;;;. The van der Waals surface area contributed by atoms with Crippen LogP contribution in [-0.4, -0.2) is 30.9 Å². The number of hydrogen-bond donors (Lipinski definition) is 1. The van der Waals surface area contributed by atoms with E-state index in [1.165, 1.54) is 0 Å². The van der Waals surface area contributed by atoms with Gasteiger partial charge in [0.1, 0.15) is 0 Å². The number of aromatic carboxylic acids is 1. The van der Waals surface area contributed by atoms with Crippen LogP contribution in [0.1, 0.15) is 10.4 Å². The van der Waals surface area contributed by atoms with Crippen LogP contribution >= 0.6 is 0 Å². The molecule has 0 radical (unpaired) electrons. The summed E-state index contributed by atoms with van der Waals surface area (Å²) in [6.07, 6.45) is 0. The molecule has 1 N–H and O–H groups in total. The molecule has 12 heavy (non-hydrogen) atoms. The number of carboxylic acid groups (broad SMARTS) is 1. The molecule has 0 spiro atoms. The minimum atomic E-state index is -0.879. The molecule has 0 aromatic heterocycles. The Morgan fingerprint density at radius 3 is 1.75 bits per heavy atom. The normalized spacial score (nSPS) is 6.67. The SMILES string of the molecule is F.F.O=C(O)c1ccccc1.[GaH3]. The first-order valence-electron chi connectivity index (χ1n) is 2.59. The van der Waals surface area contributed by atoms with Gasteiger partial charge in [-0.05, 0) is 12.1 Å². The van der Waals surface area contributed by atoms with Crippen molar-refractivity contribution in [1.29, 1.82) is 0 Å². The molecule has 5 heteroatoms. The van der Waals surface area contributed by atoms with Gasteiger partial charge in [-0.1, -0.05) is 18.2 Å². The zero-order chi connectivity index (χ0) is 6.69. The molecule has 0 saturated heterocycles. The van der Waals surface area contributed by atoms with Crippen molar-refractivity contribution in [2.24, 2.45) is 0 Å². The van der Waals surface area contributed by atoms with Gasteiger partial charge in [0, 0.05) is 0 Å². The van der Waals surface area contributed by atoms with Gasteiger partial charge >= 0.3 is 25.8 Å². The second kappa shape index (κ2) is 8.28. The maximum absolute atomic E-state index is 10.2. The van der Waals surface area contributed by atoms with Gasteiger partial charge in [0.15, 0.2) is 0 Å². The van der Waals surface area contributed by atoms with Crippen molar-refractivity contribution in [3.63, 3.8) is 0 Å². The molecular formula is C7H11F2GaO2. The molecule has 0 bridgehead atoms. The Kier molecular flexibility index (Phi) is 12.0. The van der Waals surface area contributed by atoms with E-state index in [1.54, 1.807) is 30.3 Å². The van der Waals surface area contributed by atoms with Crippen LogP contribution in [0.5, 0.6) is 0 Å². The van der Waals surface area contributed by atoms with E-state index in [0.717, 1.165) is 0 Å². The summed E-state index contributed by atoms with van der Waals surface area (Å²) < 4.78 is 0. The topological polar surface area (TPSA) is 37.3 Å². The van der Waals surface area contributed by atoms with Crippen LogP contribution in [-0.2, 0) is 0 Å². The molecule has 0 fully saturated rings. The van der Waals surface area contributed by atoms with Crippen molar-refractivity contribution in [3.8, 4) is 0 Å². The molecule has 1 aromatic rings. The third kappa shape index (κ3) is 4.92. The van der Waals surface area contributed by atoms with E-state index >= 15 is 0 Å². The molecule has 2 nitrogen and oxygen atoms in total. The average Bonchev–Trinajstić information content (AvgIpc) is 1.90. The summed E-state index contributed by atoms with van der Waals surface area (Å²) >= 11 is 0. The first kappa shape index (κ1) is 17.3. The van der Waals surface area contributed by atoms with Crippen LogP contribution in [0.4, 0.5) is 9.41 Å². The maximum atomic E-state index is 10.2. The zero-order valence-electron chi connectivity index (χ0n) is 5.56. The molecule has 0 atom stereocenters. The van der Waals surface area contributed by atoms with Crippen LogP contribution in [0.3, 0.4) is 0 Å². The van der Waals surface area contributed by atoms with Crippen LogP contribution in [0.15, 0.2) is 30.3 Å². The number of halogens is 2. The molecule has 0 aliphatic carbocycles. The Bertz CT molecular complexity index is 216. The van der Waals surface area contributed by atoms with Crippen molar-refractivity contribution >= 4 is 25.8 Å². The second-order valence-corrected chi connectivity index (χ2v) is 1.67. The van der Waals surface area contributed by atoms with Crippen molar-refractivity contribution < 1.29 is 19.3 Å². The number of carbonyl (C=O) groups is 1. The number of rotatable bonds is 1. The number of carboxylic acids is 1. The summed E-state index contributed by atoms with van der Waals surface area (Å²) in [5, 5.41) is 8.38. The summed E-state index contributed by atoms with van der Waals surface area (Å²) in [5.41, 5.74) is 0.331. The summed E-state index contributed by atoms with van der Waals surface area (Å²) in [4.78, 5) is 10.2. The minimum absolute atomic E-state index is 0. The van der Waals surface area contributed by atoms with Gasteiger partial charge in [-0.25, -0.2) is 4.79 Å². The molecule has 0 amide bonds. The molecular weight excluding hydrogens is 224 g/mol. The second-order valence-electron chi connectivity index (χ2n) is 1.67. The fourth-order valence-corrected chi connectivity index (χ4v) is 0.581. The molecule has 0 aliphatic rings. The average molecular weight is 235 g/mol. The van der Waals surface area contributed by atoms with E-state index in [1.807, 2.05) is 0 Å². The molecule has 0 heterocycles. The van der Waals surface area contributed by atoms with E-state index in [0.29, 0.717) is 5.56 Å². The molecule has 68 valence electrons. The van der Waals surface area contributed by atoms with E-state index in [-0.39, 0.29) is 29.2 Å². The van der Waals surface area contributed by atoms with E-state index < -0.39 is 5.97 Å². The van der Waals surface area contributed by atoms with Gasteiger partial charge in [0.25, 0.3) is 0 Å². The van der Waals surface area contributed by atoms with Crippen molar-refractivity contribution in [2.75, 3.05) is 0 Å². The molecule has 0 unspecified atom stereocenters. The molecule has 1 aromatic carbocycles. The Labute approximate surface area is 81.4 Å². The first-order chi connectivity index (χ1) is 4.30. The van der Waals surface area contributed by atoms with Gasteiger partial charge in [-0.3, -0.25) is 9.41 Å². The van der Waals surface area contributed by atoms with Crippen molar-refractivity contribution in [1.82, 2.24) is 0 Å². The molecule has 0 aliphatic heterocycles. The monoisotopic (exact) mass is 234 g/mol. The van der Waals surface area contributed by atoms with Crippen LogP contribution in [0.25, 0.3) is 0 Å². The molecule has 0 saturated carbocycles. The summed E-state index contributed by atoms with van der Waals surface area (Å²) in [5.74, 6) is -0.879. The quantitative estimate of drug-likeness (QED) is 0.719. The predicted octanol–water partition coefficient (Wildman–Crippen LogP) is 0.506. The van der Waals surface area contributed by atoms with Gasteiger partial charge in [0.05, 0.1) is 5.56 Å². The Morgan fingerprint density at radius 1 is 1.08 bits per heavy atom. The fraction of sp³-hybridized carbons (Fsp3) is 0. The van der Waals surface area contributed by atoms with Crippen LogP contribution in [0, 0.1) is 0 Å². The predicted molar refractivity (Wildman–Crippen MR) is 48.3 cm³/mol. The van der Waals surface area contributed by atoms with Gasteiger partial charge in [-0.2, -0.15) is 0 Å². The summed E-state index contributed by atoms with van der Waals surface area (Å²) in [7, 11) is 0. The van der Waals surface area contributed by atoms with Gasteiger partial charge < -0.3 is 5.11 Å². The Morgan fingerprint density at radius 2 is 1.50 bits per heavy atom. The number of benzene rings is 1. The van der Waals surface area contributed by atoms with E-state index in [2.05, 4.69) is 0 Å². The van der Waals surface area contributed by atoms with Crippen molar-refractivity contribution in [3.05, 3.63) is 35.9 Å². The van der Waals surface area contributed by atoms with E-state index in [4.69, 9.17) is 5.11 Å². The van der Waals surface area contributed by atoms with Crippen molar-refractivity contribution in [2.45, 2.75) is 0 Å². The first-order valence-corrected chi connectivity index (χ1v) is 2.59. The Hall–Kier alpha value is -0.814.